The number of rotatable bonds is 6. The smallest absolute Gasteiger partial charge is 0.410 e. The molecule has 1 rings (SSSR count). The Labute approximate surface area is 119 Å². The lowest BCUT2D eigenvalue weighted by Crippen LogP contribution is -2.41. The summed E-state index contributed by atoms with van der Waals surface area (Å²) in [5.41, 5.74) is -1.21. The first kappa shape index (κ1) is 16.5. The monoisotopic (exact) mass is 285 g/mol. The predicted molar refractivity (Wildman–Crippen MR) is 72.2 cm³/mol. The Balaban J connectivity index is 2.90. The van der Waals surface area contributed by atoms with E-state index in [-0.39, 0.29) is 32.1 Å². The number of carbonyl (C=O) groups excluding carboxylic acids is 3. The van der Waals surface area contributed by atoms with Crippen LogP contribution in [0, 0.1) is 5.41 Å². The average molecular weight is 285 g/mol. The van der Waals surface area contributed by atoms with Crippen LogP contribution in [0.3, 0.4) is 0 Å². The van der Waals surface area contributed by atoms with E-state index in [0.29, 0.717) is 6.42 Å². The fraction of sp³-hybridized carbons (Fsp3) is 0.786. The molecule has 0 saturated carbocycles. The van der Waals surface area contributed by atoms with E-state index in [2.05, 4.69) is 0 Å². The second kappa shape index (κ2) is 7.26. The molecule has 1 saturated heterocycles. The minimum Gasteiger partial charge on any atom is -0.465 e. The van der Waals surface area contributed by atoms with Gasteiger partial charge in [0.25, 0.3) is 0 Å². The highest BCUT2D eigenvalue weighted by molar-refractivity contribution is 6.08. The van der Waals surface area contributed by atoms with Gasteiger partial charge in [-0.05, 0) is 20.3 Å². The number of ketones is 1. The van der Waals surface area contributed by atoms with E-state index in [1.54, 1.807) is 13.8 Å². The quantitative estimate of drug-likeness (QED) is 0.549. The maximum absolute atomic E-state index is 12.3. The zero-order valence-corrected chi connectivity index (χ0v) is 12.4. The highest BCUT2D eigenvalue weighted by Crippen LogP contribution is 2.34. The molecule has 1 unspecified atom stereocenters. The molecule has 6 heteroatoms. The molecule has 1 atom stereocenters. The largest absolute Gasteiger partial charge is 0.465 e. The molecule has 0 radical (unpaired) electrons. The lowest BCUT2D eigenvalue weighted by molar-refractivity contribution is -0.158. The predicted octanol–water partition coefficient (Wildman–Crippen LogP) is 1.77. The summed E-state index contributed by atoms with van der Waals surface area (Å²) in [7, 11) is 0. The van der Waals surface area contributed by atoms with E-state index >= 15 is 0 Å². The molecule has 0 aromatic rings. The van der Waals surface area contributed by atoms with Gasteiger partial charge >= 0.3 is 12.1 Å². The van der Waals surface area contributed by atoms with Crippen LogP contribution >= 0.6 is 0 Å². The van der Waals surface area contributed by atoms with Crippen LogP contribution in [0.15, 0.2) is 0 Å². The average Bonchev–Trinajstić information content (AvgIpc) is 2.75. The Morgan fingerprint density at radius 3 is 2.40 bits per heavy atom. The zero-order chi connectivity index (χ0) is 15.2. The molecule has 0 N–H and O–H groups in total. The minimum absolute atomic E-state index is 0.0590. The van der Waals surface area contributed by atoms with Crippen LogP contribution in [0.2, 0.25) is 0 Å². The van der Waals surface area contributed by atoms with Crippen LogP contribution in [0.5, 0.6) is 0 Å². The highest BCUT2D eigenvalue weighted by Gasteiger charge is 2.53. The Bertz CT molecular complexity index is 382. The molecule has 1 aliphatic rings. The third kappa shape index (κ3) is 3.29. The van der Waals surface area contributed by atoms with Crippen molar-refractivity contribution < 1.29 is 23.9 Å². The van der Waals surface area contributed by atoms with Crippen molar-refractivity contribution in [2.75, 3.05) is 26.3 Å². The van der Waals surface area contributed by atoms with Gasteiger partial charge in [0.2, 0.25) is 0 Å². The van der Waals surface area contributed by atoms with Gasteiger partial charge in [-0.1, -0.05) is 19.8 Å². The Morgan fingerprint density at radius 2 is 1.85 bits per heavy atom. The van der Waals surface area contributed by atoms with Crippen molar-refractivity contribution in [3.05, 3.63) is 0 Å². The standard InChI is InChI=1S/C14H23NO5/c1-4-7-8-14(12(17)19-5-2)10-15(9-11(14)16)13(18)20-6-3/h4-10H2,1-3H3. The van der Waals surface area contributed by atoms with Crippen molar-refractivity contribution in [3.63, 3.8) is 0 Å². The molecule has 1 aliphatic heterocycles. The molecule has 20 heavy (non-hydrogen) atoms. The van der Waals surface area contributed by atoms with E-state index in [0.717, 1.165) is 12.8 Å². The summed E-state index contributed by atoms with van der Waals surface area (Å²) in [6.07, 6.45) is 1.47. The van der Waals surface area contributed by atoms with Crippen LogP contribution in [0.25, 0.3) is 0 Å². The number of nitrogens with zero attached hydrogens (tertiary/aromatic N) is 1. The molecule has 0 spiro atoms. The summed E-state index contributed by atoms with van der Waals surface area (Å²) in [5.74, 6) is -0.775. The number of likely N-dealkylation sites (tertiary alicyclic amines) is 1. The number of ether oxygens (including phenoxy) is 2. The Hall–Kier alpha value is -1.59. The van der Waals surface area contributed by atoms with Crippen LogP contribution in [-0.4, -0.2) is 49.0 Å². The molecule has 0 aliphatic carbocycles. The summed E-state index contributed by atoms with van der Waals surface area (Å²) in [4.78, 5) is 37.5. The summed E-state index contributed by atoms with van der Waals surface area (Å²) < 4.78 is 9.94. The van der Waals surface area contributed by atoms with Crippen molar-refractivity contribution in [2.45, 2.75) is 40.0 Å². The molecule has 1 heterocycles. The van der Waals surface area contributed by atoms with Gasteiger partial charge in [0.05, 0.1) is 19.8 Å². The van der Waals surface area contributed by atoms with Crippen molar-refractivity contribution in [1.82, 2.24) is 4.90 Å². The van der Waals surface area contributed by atoms with E-state index in [4.69, 9.17) is 9.47 Å². The van der Waals surface area contributed by atoms with Gasteiger partial charge in [-0.25, -0.2) is 4.79 Å². The van der Waals surface area contributed by atoms with Gasteiger partial charge in [0, 0.05) is 6.54 Å². The number of hydrogen-bond donors (Lipinski definition) is 0. The zero-order valence-electron chi connectivity index (χ0n) is 12.4. The minimum atomic E-state index is -1.21. The lowest BCUT2D eigenvalue weighted by atomic mass is 9.81. The summed E-state index contributed by atoms with van der Waals surface area (Å²) in [5, 5.41) is 0. The van der Waals surface area contributed by atoms with E-state index < -0.39 is 17.5 Å². The fourth-order valence-corrected chi connectivity index (χ4v) is 2.39. The number of amides is 1. The highest BCUT2D eigenvalue weighted by atomic mass is 16.6. The molecule has 0 aromatic heterocycles. The maximum atomic E-state index is 12.3. The normalized spacial score (nSPS) is 21.9. The molecule has 6 nitrogen and oxygen atoms in total. The van der Waals surface area contributed by atoms with Gasteiger partial charge < -0.3 is 9.47 Å². The molecular weight excluding hydrogens is 262 g/mol. The first-order chi connectivity index (χ1) is 9.51. The Kier molecular flexibility index (Phi) is 5.98. The number of carbonyl (C=O) groups is 3. The van der Waals surface area contributed by atoms with E-state index in [1.165, 1.54) is 4.90 Å². The van der Waals surface area contributed by atoms with Gasteiger partial charge in [-0.2, -0.15) is 0 Å². The van der Waals surface area contributed by atoms with Crippen LogP contribution in [0.1, 0.15) is 40.0 Å². The summed E-state index contributed by atoms with van der Waals surface area (Å²) in [6.45, 7) is 5.83. The van der Waals surface area contributed by atoms with Crippen molar-refractivity contribution >= 4 is 17.8 Å². The van der Waals surface area contributed by atoms with Crippen molar-refractivity contribution in [1.29, 1.82) is 0 Å². The molecule has 0 aromatic carbocycles. The molecule has 114 valence electrons. The molecule has 0 bridgehead atoms. The SMILES string of the molecule is CCCCC1(C(=O)OCC)CN(C(=O)OCC)CC1=O. The fourth-order valence-electron chi connectivity index (χ4n) is 2.39. The van der Waals surface area contributed by atoms with Crippen molar-refractivity contribution in [2.24, 2.45) is 5.41 Å². The molecule has 1 fully saturated rings. The summed E-state index contributed by atoms with van der Waals surface area (Å²) in [6, 6.07) is 0. The summed E-state index contributed by atoms with van der Waals surface area (Å²) >= 11 is 0. The van der Waals surface area contributed by atoms with Gasteiger partial charge in [-0.15, -0.1) is 0 Å². The van der Waals surface area contributed by atoms with E-state index in [1.807, 2.05) is 6.92 Å². The second-order valence-electron chi connectivity index (χ2n) is 4.88. The topological polar surface area (TPSA) is 72.9 Å². The number of hydrogen-bond acceptors (Lipinski definition) is 5. The van der Waals surface area contributed by atoms with Gasteiger partial charge in [0.15, 0.2) is 5.78 Å². The third-order valence-corrected chi connectivity index (χ3v) is 3.48. The molecule has 1 amide bonds. The third-order valence-electron chi connectivity index (χ3n) is 3.48. The second-order valence-corrected chi connectivity index (χ2v) is 4.88. The van der Waals surface area contributed by atoms with Crippen molar-refractivity contribution in [3.8, 4) is 0 Å². The maximum Gasteiger partial charge on any atom is 0.410 e. The van der Waals surface area contributed by atoms with E-state index in [9.17, 15) is 14.4 Å². The first-order valence-corrected chi connectivity index (χ1v) is 7.14. The van der Waals surface area contributed by atoms with Crippen LogP contribution in [0.4, 0.5) is 4.79 Å². The number of Topliss-reactive ketones (excluding diaryl/α,β-unsaturated/α-hetero) is 1. The number of unbranched alkanes of at least 4 members (excludes halogenated alkanes) is 1. The van der Waals surface area contributed by atoms with Gasteiger partial charge in [0.1, 0.15) is 5.41 Å². The van der Waals surface area contributed by atoms with Gasteiger partial charge in [-0.3, -0.25) is 14.5 Å². The Morgan fingerprint density at radius 1 is 1.20 bits per heavy atom. The lowest BCUT2D eigenvalue weighted by Gasteiger charge is -2.25. The number of esters is 1. The van der Waals surface area contributed by atoms with Crippen LogP contribution < -0.4 is 0 Å². The first-order valence-electron chi connectivity index (χ1n) is 7.14. The van der Waals surface area contributed by atoms with Crippen LogP contribution in [-0.2, 0) is 19.1 Å². The molecular formula is C14H23NO5.